The van der Waals surface area contributed by atoms with Gasteiger partial charge in [0.2, 0.25) is 5.91 Å². The molecule has 0 aliphatic carbocycles. The molecule has 3 N–H and O–H groups in total. The molecule has 0 aromatic heterocycles. The number of hydrogen-bond acceptors (Lipinski definition) is 3. The molecule has 3 amide bonds. The summed E-state index contributed by atoms with van der Waals surface area (Å²) < 4.78 is 0. The summed E-state index contributed by atoms with van der Waals surface area (Å²) in [6, 6.07) is 15.7. The normalized spacial score (nSPS) is 18.5. The largest absolute Gasteiger partial charge is 0.399 e. The van der Waals surface area contributed by atoms with Gasteiger partial charge >= 0.3 is 6.03 Å². The molecule has 1 aliphatic rings. The molecule has 2 aromatic carbocycles. The van der Waals surface area contributed by atoms with Crippen molar-refractivity contribution in [3.63, 3.8) is 0 Å². The number of nitrogens with zero attached hydrogens (tertiary/aromatic N) is 1. The Kier molecular flexibility index (Phi) is 3.31. The van der Waals surface area contributed by atoms with Crippen LogP contribution in [0.1, 0.15) is 11.5 Å². The first-order valence-corrected chi connectivity index (χ1v) is 6.69. The van der Waals surface area contributed by atoms with Crippen LogP contribution in [0.25, 0.3) is 0 Å². The highest BCUT2D eigenvalue weighted by atomic mass is 16.2. The number of nitrogens with one attached hydrogen (secondary N) is 1. The van der Waals surface area contributed by atoms with Crippen LogP contribution < -0.4 is 16.0 Å². The monoisotopic (exact) mass is 281 g/mol. The highest BCUT2D eigenvalue weighted by Gasteiger charge is 2.35. The first-order chi connectivity index (χ1) is 10.2. The smallest absolute Gasteiger partial charge is 0.328 e. The minimum Gasteiger partial charge on any atom is -0.399 e. The third kappa shape index (κ3) is 2.45. The van der Waals surface area contributed by atoms with Crippen molar-refractivity contribution in [1.29, 1.82) is 0 Å². The van der Waals surface area contributed by atoms with Crippen molar-refractivity contribution in [2.75, 3.05) is 17.2 Å². The van der Waals surface area contributed by atoms with E-state index in [0.29, 0.717) is 17.9 Å². The van der Waals surface area contributed by atoms with Gasteiger partial charge in [-0.2, -0.15) is 0 Å². The summed E-state index contributed by atoms with van der Waals surface area (Å²) >= 11 is 0. The summed E-state index contributed by atoms with van der Waals surface area (Å²) in [7, 11) is 0. The number of rotatable bonds is 2. The average Bonchev–Trinajstić information content (AvgIpc) is 2.50. The molecule has 1 unspecified atom stereocenters. The van der Waals surface area contributed by atoms with Gasteiger partial charge in [0, 0.05) is 12.2 Å². The fourth-order valence-electron chi connectivity index (χ4n) is 2.43. The number of hydrogen-bond donors (Lipinski definition) is 2. The molecule has 2 aromatic rings. The summed E-state index contributed by atoms with van der Waals surface area (Å²) in [5.41, 5.74) is 7.64. The molecule has 5 nitrogen and oxygen atoms in total. The predicted octanol–water partition coefficient (Wildman–Crippen LogP) is 2.11. The molecule has 3 rings (SSSR count). The van der Waals surface area contributed by atoms with E-state index in [2.05, 4.69) is 5.32 Å². The quantitative estimate of drug-likeness (QED) is 0.828. The van der Waals surface area contributed by atoms with Crippen LogP contribution in [-0.4, -0.2) is 18.5 Å². The molecule has 1 aliphatic heterocycles. The third-order valence-electron chi connectivity index (χ3n) is 3.53. The highest BCUT2D eigenvalue weighted by molar-refractivity contribution is 6.18. The fourth-order valence-corrected chi connectivity index (χ4v) is 2.43. The molecular formula is C16H15N3O2. The van der Waals surface area contributed by atoms with Gasteiger partial charge < -0.3 is 11.1 Å². The zero-order valence-corrected chi connectivity index (χ0v) is 11.3. The topological polar surface area (TPSA) is 75.4 Å². The first-order valence-electron chi connectivity index (χ1n) is 6.69. The van der Waals surface area contributed by atoms with E-state index < -0.39 is 6.03 Å². The Morgan fingerprint density at radius 2 is 1.67 bits per heavy atom. The molecule has 0 radical (unpaired) electrons. The summed E-state index contributed by atoms with van der Waals surface area (Å²) in [5.74, 6) is -0.601. The number of imide groups is 1. The zero-order valence-electron chi connectivity index (χ0n) is 11.3. The molecule has 1 saturated heterocycles. The predicted molar refractivity (Wildman–Crippen MR) is 80.9 cm³/mol. The van der Waals surface area contributed by atoms with Crippen molar-refractivity contribution in [1.82, 2.24) is 5.32 Å². The van der Waals surface area contributed by atoms with Crippen LogP contribution in [0.4, 0.5) is 16.2 Å². The van der Waals surface area contributed by atoms with Crippen LogP contribution in [0.5, 0.6) is 0 Å². The lowest BCUT2D eigenvalue weighted by molar-refractivity contribution is -0.119. The zero-order chi connectivity index (χ0) is 14.8. The van der Waals surface area contributed by atoms with E-state index in [1.807, 2.05) is 30.3 Å². The molecule has 1 fully saturated rings. The number of nitrogens with two attached hydrogens (primary N) is 1. The second-order valence-corrected chi connectivity index (χ2v) is 4.91. The van der Waals surface area contributed by atoms with Gasteiger partial charge in [-0.05, 0) is 29.8 Å². The SMILES string of the molecule is Nc1ccc(N2C(=O)NCC(c3ccccc3)C2=O)cc1. The Morgan fingerprint density at radius 1 is 1.00 bits per heavy atom. The Labute approximate surface area is 122 Å². The van der Waals surface area contributed by atoms with Crippen molar-refractivity contribution < 1.29 is 9.59 Å². The molecule has 1 heterocycles. The Balaban J connectivity index is 1.94. The number of amides is 3. The number of nitrogen functional groups attached to an aromatic ring is 1. The van der Waals surface area contributed by atoms with Crippen LogP contribution >= 0.6 is 0 Å². The van der Waals surface area contributed by atoms with Crippen molar-refractivity contribution in [3.8, 4) is 0 Å². The van der Waals surface area contributed by atoms with Crippen molar-refractivity contribution in [2.45, 2.75) is 5.92 Å². The summed E-state index contributed by atoms with van der Waals surface area (Å²) in [5, 5.41) is 2.76. The fraction of sp³-hybridized carbons (Fsp3) is 0.125. The molecule has 0 saturated carbocycles. The number of anilines is 2. The van der Waals surface area contributed by atoms with Crippen LogP contribution in [-0.2, 0) is 4.79 Å². The van der Waals surface area contributed by atoms with Crippen molar-refractivity contribution >= 4 is 23.3 Å². The van der Waals surface area contributed by atoms with E-state index in [1.165, 1.54) is 4.90 Å². The standard InChI is InChI=1S/C16H15N3O2/c17-12-6-8-13(9-7-12)19-15(20)14(10-18-16(19)21)11-4-2-1-3-5-11/h1-9,14H,10,17H2,(H,18,21). The second-order valence-electron chi connectivity index (χ2n) is 4.91. The van der Waals surface area contributed by atoms with E-state index in [9.17, 15) is 9.59 Å². The van der Waals surface area contributed by atoms with E-state index in [0.717, 1.165) is 5.56 Å². The molecule has 0 spiro atoms. The highest BCUT2D eigenvalue weighted by Crippen LogP contribution is 2.26. The van der Waals surface area contributed by atoms with Gasteiger partial charge in [0.05, 0.1) is 11.6 Å². The summed E-state index contributed by atoms with van der Waals surface area (Å²) in [6.45, 7) is 0.313. The van der Waals surface area contributed by atoms with Crippen molar-refractivity contribution in [3.05, 3.63) is 60.2 Å². The van der Waals surface area contributed by atoms with Gasteiger partial charge in [-0.3, -0.25) is 4.79 Å². The van der Waals surface area contributed by atoms with Gasteiger partial charge in [-0.25, -0.2) is 9.69 Å². The van der Waals surface area contributed by atoms with Gasteiger partial charge in [-0.1, -0.05) is 30.3 Å². The third-order valence-corrected chi connectivity index (χ3v) is 3.53. The molecule has 1 atom stereocenters. The maximum Gasteiger partial charge on any atom is 0.328 e. The Hall–Kier alpha value is -2.82. The summed E-state index contributed by atoms with van der Waals surface area (Å²) in [4.78, 5) is 25.9. The van der Waals surface area contributed by atoms with Crippen LogP contribution in [0, 0.1) is 0 Å². The Morgan fingerprint density at radius 3 is 2.33 bits per heavy atom. The molecular weight excluding hydrogens is 266 g/mol. The molecule has 5 heteroatoms. The molecule has 0 bridgehead atoms. The lowest BCUT2D eigenvalue weighted by Gasteiger charge is -2.31. The van der Waals surface area contributed by atoms with E-state index in [4.69, 9.17) is 5.73 Å². The number of carbonyl (C=O) groups is 2. The van der Waals surface area contributed by atoms with Gasteiger partial charge in [0.15, 0.2) is 0 Å². The summed E-state index contributed by atoms with van der Waals surface area (Å²) in [6.07, 6.45) is 0. The van der Waals surface area contributed by atoms with E-state index in [1.54, 1.807) is 24.3 Å². The maximum atomic E-state index is 12.7. The lowest BCUT2D eigenvalue weighted by Crippen LogP contribution is -2.54. The van der Waals surface area contributed by atoms with Crippen LogP contribution in [0.3, 0.4) is 0 Å². The van der Waals surface area contributed by atoms with Gasteiger partial charge in [0.1, 0.15) is 0 Å². The van der Waals surface area contributed by atoms with Gasteiger partial charge in [0.25, 0.3) is 0 Å². The minimum atomic E-state index is -0.406. The number of benzene rings is 2. The van der Waals surface area contributed by atoms with Gasteiger partial charge in [-0.15, -0.1) is 0 Å². The second kappa shape index (κ2) is 5.28. The average molecular weight is 281 g/mol. The van der Waals surface area contributed by atoms with Crippen LogP contribution in [0.2, 0.25) is 0 Å². The van der Waals surface area contributed by atoms with Crippen LogP contribution in [0.15, 0.2) is 54.6 Å². The first kappa shape index (κ1) is 13.2. The Bertz CT molecular complexity index is 668. The maximum absolute atomic E-state index is 12.7. The minimum absolute atomic E-state index is 0.227. The van der Waals surface area contributed by atoms with Crippen molar-refractivity contribution in [2.24, 2.45) is 0 Å². The number of carbonyl (C=O) groups excluding carboxylic acids is 2. The van der Waals surface area contributed by atoms with E-state index in [-0.39, 0.29) is 11.8 Å². The number of urea groups is 1. The molecule has 106 valence electrons. The molecule has 21 heavy (non-hydrogen) atoms. The lowest BCUT2D eigenvalue weighted by atomic mass is 9.96. The van der Waals surface area contributed by atoms with E-state index >= 15 is 0 Å².